The third-order valence-corrected chi connectivity index (χ3v) is 3.18. The molecule has 86 valence electrons. The van der Waals surface area contributed by atoms with Crippen LogP contribution in [0.1, 0.15) is 30.6 Å². The first-order valence-corrected chi connectivity index (χ1v) is 6.01. The van der Waals surface area contributed by atoms with E-state index >= 15 is 0 Å². The van der Waals surface area contributed by atoms with Gasteiger partial charge in [-0.15, -0.1) is 0 Å². The van der Waals surface area contributed by atoms with E-state index in [0.29, 0.717) is 11.8 Å². The van der Waals surface area contributed by atoms with E-state index in [1.165, 1.54) is 6.42 Å². The van der Waals surface area contributed by atoms with Crippen molar-refractivity contribution >= 4 is 5.91 Å². The molecule has 0 saturated carbocycles. The lowest BCUT2D eigenvalue weighted by Gasteiger charge is -2.35. The van der Waals surface area contributed by atoms with Crippen LogP contribution in [0.3, 0.4) is 0 Å². The van der Waals surface area contributed by atoms with Gasteiger partial charge in [0.25, 0.3) is 5.91 Å². The Kier molecular flexibility index (Phi) is 3.28. The van der Waals surface area contributed by atoms with Crippen molar-refractivity contribution in [2.24, 2.45) is 11.8 Å². The van der Waals surface area contributed by atoms with Gasteiger partial charge in [-0.1, -0.05) is 32.0 Å². The molecule has 2 atom stereocenters. The highest BCUT2D eigenvalue weighted by Gasteiger charge is 2.25. The highest BCUT2D eigenvalue weighted by molar-refractivity contribution is 5.94. The second-order valence-electron chi connectivity index (χ2n) is 5.02. The third-order valence-electron chi connectivity index (χ3n) is 3.18. The third kappa shape index (κ3) is 2.43. The zero-order chi connectivity index (χ0) is 11.5. The summed E-state index contributed by atoms with van der Waals surface area (Å²) in [5.74, 6) is 1.42. The van der Waals surface area contributed by atoms with Crippen LogP contribution in [0.4, 0.5) is 0 Å². The van der Waals surface area contributed by atoms with Crippen LogP contribution >= 0.6 is 0 Å². The number of carbonyl (C=O) groups is 1. The number of hydrogen-bond acceptors (Lipinski definition) is 1. The van der Waals surface area contributed by atoms with Crippen LogP contribution in [-0.4, -0.2) is 23.9 Å². The molecule has 0 radical (unpaired) electrons. The number of nitrogens with zero attached hydrogens (tertiary/aromatic N) is 1. The molecule has 1 aliphatic rings. The number of hydrogen-bond donors (Lipinski definition) is 0. The van der Waals surface area contributed by atoms with Gasteiger partial charge >= 0.3 is 0 Å². The Morgan fingerprint density at radius 3 is 2.25 bits per heavy atom. The number of rotatable bonds is 1. The lowest BCUT2D eigenvalue weighted by atomic mass is 9.91. The van der Waals surface area contributed by atoms with E-state index in [0.717, 1.165) is 18.7 Å². The molecular formula is C14H19NO. The highest BCUT2D eigenvalue weighted by Crippen LogP contribution is 2.22. The summed E-state index contributed by atoms with van der Waals surface area (Å²) in [5, 5.41) is 0. The molecule has 0 unspecified atom stereocenters. The van der Waals surface area contributed by atoms with Crippen molar-refractivity contribution < 1.29 is 4.79 Å². The Balaban J connectivity index is 2.10. The molecule has 1 aliphatic heterocycles. The summed E-state index contributed by atoms with van der Waals surface area (Å²) >= 11 is 0. The van der Waals surface area contributed by atoms with Crippen LogP contribution in [0.2, 0.25) is 0 Å². The van der Waals surface area contributed by atoms with Gasteiger partial charge in [0, 0.05) is 18.7 Å². The fourth-order valence-corrected chi connectivity index (χ4v) is 2.59. The molecule has 0 aliphatic carbocycles. The zero-order valence-electron chi connectivity index (χ0n) is 10.0. The maximum Gasteiger partial charge on any atom is 0.253 e. The van der Waals surface area contributed by atoms with Crippen molar-refractivity contribution in [1.82, 2.24) is 4.90 Å². The highest BCUT2D eigenvalue weighted by atomic mass is 16.2. The van der Waals surface area contributed by atoms with Gasteiger partial charge in [-0.05, 0) is 30.4 Å². The zero-order valence-corrected chi connectivity index (χ0v) is 10.0. The molecule has 1 aromatic carbocycles. The smallest absolute Gasteiger partial charge is 0.253 e. The summed E-state index contributed by atoms with van der Waals surface area (Å²) in [7, 11) is 0. The quantitative estimate of drug-likeness (QED) is 0.708. The molecule has 1 saturated heterocycles. The van der Waals surface area contributed by atoms with E-state index in [-0.39, 0.29) is 5.91 Å². The molecule has 1 aromatic rings. The summed E-state index contributed by atoms with van der Waals surface area (Å²) < 4.78 is 0. The first kappa shape index (κ1) is 11.2. The van der Waals surface area contributed by atoms with Gasteiger partial charge in [0.2, 0.25) is 0 Å². The topological polar surface area (TPSA) is 20.3 Å². The average Bonchev–Trinajstić information content (AvgIpc) is 2.28. The van der Waals surface area contributed by atoms with Gasteiger partial charge in [0.05, 0.1) is 0 Å². The van der Waals surface area contributed by atoms with Crippen molar-refractivity contribution in [2.45, 2.75) is 20.3 Å². The average molecular weight is 217 g/mol. The second kappa shape index (κ2) is 4.69. The van der Waals surface area contributed by atoms with Gasteiger partial charge in [0.1, 0.15) is 0 Å². The minimum atomic E-state index is 0.180. The minimum Gasteiger partial charge on any atom is -0.338 e. The number of benzene rings is 1. The van der Waals surface area contributed by atoms with Crippen molar-refractivity contribution in [1.29, 1.82) is 0 Å². The van der Waals surface area contributed by atoms with E-state index < -0.39 is 0 Å². The fourth-order valence-electron chi connectivity index (χ4n) is 2.59. The molecule has 1 heterocycles. The summed E-state index contributed by atoms with van der Waals surface area (Å²) in [6, 6.07) is 9.57. The summed E-state index contributed by atoms with van der Waals surface area (Å²) in [5.41, 5.74) is 0.809. The minimum absolute atomic E-state index is 0.180. The predicted molar refractivity (Wildman–Crippen MR) is 65.3 cm³/mol. The largest absolute Gasteiger partial charge is 0.338 e. The molecule has 0 spiro atoms. The van der Waals surface area contributed by atoms with Crippen LogP contribution in [0.25, 0.3) is 0 Å². The van der Waals surface area contributed by atoms with Crippen molar-refractivity contribution in [3.63, 3.8) is 0 Å². The lowest BCUT2D eigenvalue weighted by Crippen LogP contribution is -2.42. The van der Waals surface area contributed by atoms with E-state index in [9.17, 15) is 4.79 Å². The van der Waals surface area contributed by atoms with E-state index in [4.69, 9.17) is 0 Å². The summed E-state index contributed by atoms with van der Waals surface area (Å²) in [6.07, 6.45) is 1.23. The summed E-state index contributed by atoms with van der Waals surface area (Å²) in [4.78, 5) is 14.2. The van der Waals surface area contributed by atoms with Crippen LogP contribution < -0.4 is 0 Å². The molecule has 2 rings (SSSR count). The van der Waals surface area contributed by atoms with Crippen molar-refractivity contribution in [3.05, 3.63) is 35.9 Å². The van der Waals surface area contributed by atoms with E-state index in [2.05, 4.69) is 13.8 Å². The number of likely N-dealkylation sites (tertiary alicyclic amines) is 1. The number of carbonyl (C=O) groups excluding carboxylic acids is 1. The van der Waals surface area contributed by atoms with Gasteiger partial charge in [-0.3, -0.25) is 4.79 Å². The maximum absolute atomic E-state index is 12.2. The van der Waals surface area contributed by atoms with Crippen molar-refractivity contribution in [2.75, 3.05) is 13.1 Å². The maximum atomic E-state index is 12.2. The van der Waals surface area contributed by atoms with Crippen LogP contribution in [-0.2, 0) is 0 Å². The van der Waals surface area contributed by atoms with Crippen molar-refractivity contribution in [3.8, 4) is 0 Å². The Labute approximate surface area is 97.3 Å². The van der Waals surface area contributed by atoms with Gasteiger partial charge in [-0.2, -0.15) is 0 Å². The Hall–Kier alpha value is -1.31. The first-order chi connectivity index (χ1) is 7.66. The molecule has 16 heavy (non-hydrogen) atoms. The molecule has 0 N–H and O–H groups in total. The Morgan fingerprint density at radius 1 is 1.12 bits per heavy atom. The molecule has 2 nitrogen and oxygen atoms in total. The normalized spacial score (nSPS) is 25.5. The first-order valence-electron chi connectivity index (χ1n) is 6.01. The molecule has 1 amide bonds. The standard InChI is InChI=1S/C14H19NO/c1-11-8-12(2)10-15(9-11)14(16)13-6-4-3-5-7-13/h3-7,11-12H,8-10H2,1-2H3/t11-,12+. The summed E-state index contributed by atoms with van der Waals surface area (Å²) in [6.45, 7) is 6.25. The number of amides is 1. The predicted octanol–water partition coefficient (Wildman–Crippen LogP) is 2.80. The van der Waals surface area contributed by atoms with Crippen LogP contribution in [0.15, 0.2) is 30.3 Å². The van der Waals surface area contributed by atoms with Crippen LogP contribution in [0.5, 0.6) is 0 Å². The fraction of sp³-hybridized carbons (Fsp3) is 0.500. The molecule has 0 bridgehead atoms. The molecule has 0 aromatic heterocycles. The van der Waals surface area contributed by atoms with Gasteiger partial charge in [-0.25, -0.2) is 0 Å². The molecule has 2 heteroatoms. The van der Waals surface area contributed by atoms with Crippen LogP contribution in [0, 0.1) is 11.8 Å². The van der Waals surface area contributed by atoms with E-state index in [1.807, 2.05) is 35.2 Å². The molecular weight excluding hydrogens is 198 g/mol. The monoisotopic (exact) mass is 217 g/mol. The molecule has 1 fully saturated rings. The second-order valence-corrected chi connectivity index (χ2v) is 5.02. The van der Waals surface area contributed by atoms with Gasteiger partial charge < -0.3 is 4.90 Å². The Bertz CT molecular complexity index is 350. The Morgan fingerprint density at radius 2 is 1.69 bits per heavy atom. The lowest BCUT2D eigenvalue weighted by molar-refractivity contribution is 0.0623. The van der Waals surface area contributed by atoms with Gasteiger partial charge in [0.15, 0.2) is 0 Å². The van der Waals surface area contributed by atoms with E-state index in [1.54, 1.807) is 0 Å². The SMILES string of the molecule is C[C@@H]1C[C@H](C)CN(C(=O)c2ccccc2)C1. The number of piperidine rings is 1.